The second kappa shape index (κ2) is 8.05. The van der Waals surface area contributed by atoms with Crippen molar-refractivity contribution >= 4 is 17.8 Å². The van der Waals surface area contributed by atoms with Crippen molar-refractivity contribution in [1.82, 2.24) is 9.88 Å². The number of imide groups is 1. The molecule has 0 bridgehead atoms. The monoisotopic (exact) mass is 377 g/mol. The van der Waals surface area contributed by atoms with Crippen LogP contribution in [0.3, 0.4) is 0 Å². The van der Waals surface area contributed by atoms with Crippen LogP contribution in [-0.4, -0.2) is 29.0 Å². The van der Waals surface area contributed by atoms with E-state index in [1.165, 1.54) is 6.92 Å². The van der Waals surface area contributed by atoms with Gasteiger partial charge in [0.1, 0.15) is 23.0 Å². The van der Waals surface area contributed by atoms with E-state index in [0.29, 0.717) is 5.56 Å². The van der Waals surface area contributed by atoms with E-state index in [2.05, 4.69) is 5.32 Å². The first-order valence-electron chi connectivity index (χ1n) is 8.24. The number of carbonyl (C=O) groups is 3. The van der Waals surface area contributed by atoms with Crippen molar-refractivity contribution in [2.75, 3.05) is 6.61 Å². The zero-order chi connectivity index (χ0) is 20.1. The first kappa shape index (κ1) is 18.7. The number of nitrogens with zero attached hydrogens (tertiary/aromatic N) is 2. The van der Waals surface area contributed by atoms with E-state index in [4.69, 9.17) is 9.15 Å². The average Bonchev–Trinajstić information content (AvgIpc) is 3.34. The maximum atomic E-state index is 12.4. The van der Waals surface area contributed by atoms with Gasteiger partial charge in [-0.3, -0.25) is 19.5 Å². The number of nitrogens with one attached hydrogen (secondary N) is 1. The molecule has 1 N–H and O–H groups in total. The van der Waals surface area contributed by atoms with Gasteiger partial charge in [0, 0.05) is 18.0 Å². The third-order valence-electron chi connectivity index (χ3n) is 3.84. The zero-order valence-electron chi connectivity index (χ0n) is 14.8. The molecule has 140 valence electrons. The third kappa shape index (κ3) is 3.83. The van der Waals surface area contributed by atoms with E-state index >= 15 is 0 Å². The minimum absolute atomic E-state index is 0.000491. The van der Waals surface area contributed by atoms with Gasteiger partial charge in [-0.1, -0.05) is 18.2 Å². The number of rotatable bonds is 5. The number of benzene rings is 1. The molecular weight excluding hydrogens is 362 g/mol. The Balaban J connectivity index is 1.68. The fourth-order valence-corrected chi connectivity index (χ4v) is 2.56. The smallest absolute Gasteiger partial charge is 0.343 e. The Morgan fingerprint density at radius 2 is 1.82 bits per heavy atom. The molecule has 0 unspecified atom stereocenters. The molecule has 8 nitrogen and oxygen atoms in total. The van der Waals surface area contributed by atoms with E-state index in [9.17, 15) is 19.6 Å². The van der Waals surface area contributed by atoms with Crippen LogP contribution in [0.1, 0.15) is 32.0 Å². The summed E-state index contributed by atoms with van der Waals surface area (Å²) in [7, 11) is 0. The molecule has 0 spiro atoms. The molecule has 3 rings (SSSR count). The minimum atomic E-state index is -0.890. The zero-order valence-corrected chi connectivity index (χ0v) is 14.8. The number of aryl methyl sites for hydroxylation is 1. The predicted molar refractivity (Wildman–Crippen MR) is 96.7 cm³/mol. The van der Waals surface area contributed by atoms with E-state index < -0.39 is 24.4 Å². The number of ether oxygens (including phenoxy) is 1. The lowest BCUT2D eigenvalue weighted by Gasteiger charge is -2.05. The highest BCUT2D eigenvalue weighted by Gasteiger charge is 2.26. The standard InChI is InChI=1S/C20H15N3O5/c1-13-17(15(11-21)19(28-13)23-9-5-6-10-23)20(26)27-12-16(24)22-18(25)14-7-3-2-4-8-14/h2-10H,12H2,1H3,(H,22,24,25). The van der Waals surface area contributed by atoms with Gasteiger partial charge < -0.3 is 9.15 Å². The average molecular weight is 377 g/mol. The number of carbonyl (C=O) groups excluding carboxylic acids is 3. The van der Waals surface area contributed by atoms with Crippen molar-refractivity contribution in [3.63, 3.8) is 0 Å². The molecule has 0 aliphatic rings. The van der Waals surface area contributed by atoms with Crippen LogP contribution in [0.5, 0.6) is 0 Å². The highest BCUT2D eigenvalue weighted by molar-refractivity contribution is 6.05. The van der Waals surface area contributed by atoms with Gasteiger partial charge in [-0.2, -0.15) is 5.26 Å². The molecular formula is C20H15N3O5. The Kier molecular flexibility index (Phi) is 5.37. The van der Waals surface area contributed by atoms with Crippen LogP contribution < -0.4 is 5.32 Å². The predicted octanol–water partition coefficient (Wildman–Crippen LogP) is 2.36. The Morgan fingerprint density at radius 3 is 2.46 bits per heavy atom. The molecule has 0 fully saturated rings. The number of hydrogen-bond donors (Lipinski definition) is 1. The van der Waals surface area contributed by atoms with Crippen molar-refractivity contribution in [2.24, 2.45) is 0 Å². The summed E-state index contributed by atoms with van der Waals surface area (Å²) in [5.74, 6) is -1.91. The van der Waals surface area contributed by atoms with Crippen molar-refractivity contribution in [3.8, 4) is 12.0 Å². The number of furan rings is 1. The van der Waals surface area contributed by atoms with Crippen molar-refractivity contribution in [1.29, 1.82) is 5.26 Å². The molecule has 8 heteroatoms. The van der Waals surface area contributed by atoms with Crippen LogP contribution in [0.4, 0.5) is 0 Å². The summed E-state index contributed by atoms with van der Waals surface area (Å²) in [6.45, 7) is 0.842. The molecule has 2 amide bonds. The number of esters is 1. The minimum Gasteiger partial charge on any atom is -0.452 e. The summed E-state index contributed by atoms with van der Waals surface area (Å²) >= 11 is 0. The van der Waals surface area contributed by atoms with E-state index in [0.717, 1.165) is 0 Å². The lowest BCUT2D eigenvalue weighted by molar-refractivity contribution is -0.123. The second-order valence-corrected chi connectivity index (χ2v) is 5.73. The molecule has 1 aromatic carbocycles. The van der Waals surface area contributed by atoms with Gasteiger partial charge in [0.2, 0.25) is 5.88 Å². The van der Waals surface area contributed by atoms with Crippen molar-refractivity contribution < 1.29 is 23.5 Å². The van der Waals surface area contributed by atoms with Gasteiger partial charge in [0.05, 0.1) is 0 Å². The number of nitriles is 1. The van der Waals surface area contributed by atoms with Crippen molar-refractivity contribution in [3.05, 3.63) is 77.3 Å². The Bertz CT molecular complexity index is 1060. The number of amides is 2. The van der Waals surface area contributed by atoms with Gasteiger partial charge in [-0.05, 0) is 31.2 Å². The molecule has 28 heavy (non-hydrogen) atoms. The first-order chi connectivity index (χ1) is 13.5. The Labute approximate surface area is 159 Å². The summed E-state index contributed by atoms with van der Waals surface area (Å²) in [5.41, 5.74) is 0.240. The Hall–Kier alpha value is -4.12. The Morgan fingerprint density at radius 1 is 1.14 bits per heavy atom. The molecule has 0 saturated heterocycles. The lowest BCUT2D eigenvalue weighted by atomic mass is 10.1. The normalized spacial score (nSPS) is 10.1. The largest absolute Gasteiger partial charge is 0.452 e. The number of aromatic nitrogens is 1. The van der Waals surface area contributed by atoms with Crippen LogP contribution in [0, 0.1) is 18.3 Å². The van der Waals surface area contributed by atoms with E-state index in [-0.39, 0.29) is 22.8 Å². The second-order valence-electron chi connectivity index (χ2n) is 5.73. The maximum Gasteiger partial charge on any atom is 0.343 e. The molecule has 0 aliphatic heterocycles. The molecule has 0 atom stereocenters. The van der Waals surface area contributed by atoms with Gasteiger partial charge in [0.15, 0.2) is 6.61 Å². The molecule has 3 aromatic rings. The summed E-state index contributed by atoms with van der Waals surface area (Å²) < 4.78 is 12.0. The summed E-state index contributed by atoms with van der Waals surface area (Å²) in [5, 5.41) is 11.6. The molecule has 0 radical (unpaired) electrons. The molecule has 0 saturated carbocycles. The highest BCUT2D eigenvalue weighted by Crippen LogP contribution is 2.26. The quantitative estimate of drug-likeness (QED) is 0.683. The molecule has 0 aliphatic carbocycles. The topological polar surface area (TPSA) is 114 Å². The fraction of sp³-hybridized carbons (Fsp3) is 0.100. The summed E-state index contributed by atoms with van der Waals surface area (Å²) in [6.07, 6.45) is 3.33. The highest BCUT2D eigenvalue weighted by atomic mass is 16.5. The summed E-state index contributed by atoms with van der Waals surface area (Å²) in [6, 6.07) is 13.6. The van der Waals surface area contributed by atoms with E-state index in [1.54, 1.807) is 59.4 Å². The van der Waals surface area contributed by atoms with Gasteiger partial charge in [-0.15, -0.1) is 0 Å². The maximum absolute atomic E-state index is 12.4. The third-order valence-corrected chi connectivity index (χ3v) is 3.84. The first-order valence-corrected chi connectivity index (χ1v) is 8.24. The van der Waals surface area contributed by atoms with Gasteiger partial charge in [-0.25, -0.2) is 4.79 Å². The van der Waals surface area contributed by atoms with Gasteiger partial charge in [0.25, 0.3) is 11.8 Å². The summed E-state index contributed by atoms with van der Waals surface area (Å²) in [4.78, 5) is 36.2. The molecule has 2 aromatic heterocycles. The van der Waals surface area contributed by atoms with Crippen LogP contribution in [-0.2, 0) is 9.53 Å². The molecule has 2 heterocycles. The van der Waals surface area contributed by atoms with E-state index in [1.807, 2.05) is 6.07 Å². The van der Waals surface area contributed by atoms with Crippen LogP contribution in [0.25, 0.3) is 5.88 Å². The number of hydrogen-bond acceptors (Lipinski definition) is 6. The van der Waals surface area contributed by atoms with Gasteiger partial charge >= 0.3 is 5.97 Å². The van der Waals surface area contributed by atoms with Crippen molar-refractivity contribution in [2.45, 2.75) is 6.92 Å². The van der Waals surface area contributed by atoms with Crippen LogP contribution in [0.15, 0.2) is 59.3 Å². The van der Waals surface area contributed by atoms with Crippen LogP contribution in [0.2, 0.25) is 0 Å². The SMILES string of the molecule is Cc1oc(-n2cccc2)c(C#N)c1C(=O)OCC(=O)NC(=O)c1ccccc1. The lowest BCUT2D eigenvalue weighted by Crippen LogP contribution is -2.34. The van der Waals surface area contributed by atoms with Crippen LogP contribution >= 0.6 is 0 Å². The fourth-order valence-electron chi connectivity index (χ4n) is 2.56.